The first kappa shape index (κ1) is 34.1. The maximum absolute atomic E-state index is 13.1. The molecule has 0 aromatic heterocycles. The van der Waals surface area contributed by atoms with Crippen molar-refractivity contribution in [2.75, 3.05) is 65.5 Å². The molecule has 0 fully saturated rings. The van der Waals surface area contributed by atoms with Crippen molar-refractivity contribution in [2.45, 2.75) is 50.0 Å². The van der Waals surface area contributed by atoms with E-state index in [4.69, 9.17) is 24.5 Å². The first-order chi connectivity index (χ1) is 18.8. The minimum absolute atomic E-state index is 0.0414. The first-order valence-electron chi connectivity index (χ1n) is 13.1. The van der Waals surface area contributed by atoms with E-state index in [2.05, 4.69) is 20.7 Å². The molecule has 39 heavy (non-hydrogen) atoms. The zero-order valence-electron chi connectivity index (χ0n) is 22.8. The molecule has 2 N–H and O–H groups in total. The molecule has 0 saturated carbocycles. The van der Waals surface area contributed by atoms with Crippen molar-refractivity contribution in [2.24, 2.45) is 5.11 Å². The number of benzene rings is 1. The molecule has 0 saturated heterocycles. The lowest BCUT2D eigenvalue weighted by molar-refractivity contribution is 0.0152. The van der Waals surface area contributed by atoms with Crippen LogP contribution >= 0.6 is 0 Å². The maximum atomic E-state index is 13.1. The van der Waals surface area contributed by atoms with Crippen molar-refractivity contribution in [1.29, 1.82) is 0 Å². The van der Waals surface area contributed by atoms with Gasteiger partial charge in [-0.2, -0.15) is 0 Å². The highest BCUT2D eigenvalue weighted by Crippen LogP contribution is 2.18. The van der Waals surface area contributed by atoms with Crippen LogP contribution in [0.4, 0.5) is 4.79 Å². The van der Waals surface area contributed by atoms with Gasteiger partial charge in [-0.05, 0) is 49.4 Å². The smallest absolute Gasteiger partial charge is 0.407 e. The fourth-order valence-corrected chi connectivity index (χ4v) is 4.87. The molecule has 0 aliphatic carbocycles. The fourth-order valence-electron chi connectivity index (χ4n) is 3.36. The second-order valence-corrected chi connectivity index (χ2v) is 10.5. The van der Waals surface area contributed by atoms with E-state index in [1.54, 1.807) is 0 Å². The van der Waals surface area contributed by atoms with E-state index < -0.39 is 33.7 Å². The molecule has 1 rings (SSSR count). The summed E-state index contributed by atoms with van der Waals surface area (Å²) in [5.41, 5.74) is 8.52. The van der Waals surface area contributed by atoms with Crippen LogP contribution in [0.15, 0.2) is 34.3 Å². The molecule has 0 aliphatic heterocycles. The second kappa shape index (κ2) is 21.0. The molecule has 0 spiro atoms. The summed E-state index contributed by atoms with van der Waals surface area (Å²) < 4.78 is 47.5. The van der Waals surface area contributed by atoms with Crippen molar-refractivity contribution in [1.82, 2.24) is 10.6 Å². The molecule has 2 amide bonds. The van der Waals surface area contributed by atoms with Gasteiger partial charge in [0.05, 0.1) is 43.7 Å². The normalized spacial score (nSPS) is 11.8. The zero-order valence-corrected chi connectivity index (χ0v) is 23.6. The number of hydrogen-bond acceptors (Lipinski definition) is 9. The molecule has 0 bridgehead atoms. The van der Waals surface area contributed by atoms with E-state index in [-0.39, 0.29) is 23.6 Å². The van der Waals surface area contributed by atoms with Gasteiger partial charge in [-0.1, -0.05) is 24.5 Å². The number of carbonyl (C=O) groups excluding carboxylic acids is 2. The highest BCUT2D eigenvalue weighted by atomic mass is 32.2. The van der Waals surface area contributed by atoms with Crippen LogP contribution in [-0.2, 0) is 28.8 Å². The number of rotatable bonds is 22. The van der Waals surface area contributed by atoms with Gasteiger partial charge in [0.2, 0.25) is 0 Å². The molecular weight excluding hydrogens is 530 g/mol. The third kappa shape index (κ3) is 16.0. The number of unbranched alkanes of at least 4 members (excludes halogenated alkanes) is 2. The summed E-state index contributed by atoms with van der Waals surface area (Å²) in [5, 5.41) is 8.48. The standard InChI is InChI=1S/C25H41N5O8S/c1-3-13-35-15-17-37-18-16-36-14-12-28-24(31)21-8-7-10-23(19-21)39(33,34)20-22(38-25(32)27-2)9-5-4-6-11-29-30-26/h7-8,10,19,22H,3-6,9,11-18,20H2,1-2H3,(H,27,32)(H,28,31). The van der Waals surface area contributed by atoms with Crippen LogP contribution in [0, 0.1) is 0 Å². The number of nitrogens with zero attached hydrogens (tertiary/aromatic N) is 3. The van der Waals surface area contributed by atoms with Crippen molar-refractivity contribution < 1.29 is 37.0 Å². The molecular formula is C25H41N5O8S. The zero-order chi connectivity index (χ0) is 28.8. The number of carbonyl (C=O) groups is 2. The topological polar surface area (TPSA) is 178 Å². The Morgan fingerprint density at radius 1 is 1.03 bits per heavy atom. The van der Waals surface area contributed by atoms with Gasteiger partial charge in [-0.3, -0.25) is 4.79 Å². The highest BCUT2D eigenvalue weighted by Gasteiger charge is 2.25. The molecule has 1 unspecified atom stereocenters. The van der Waals surface area contributed by atoms with Crippen LogP contribution in [0.25, 0.3) is 10.4 Å². The lowest BCUT2D eigenvalue weighted by atomic mass is 10.1. The highest BCUT2D eigenvalue weighted by molar-refractivity contribution is 7.91. The lowest BCUT2D eigenvalue weighted by Crippen LogP contribution is -2.31. The third-order valence-corrected chi connectivity index (χ3v) is 7.09. The van der Waals surface area contributed by atoms with Gasteiger partial charge >= 0.3 is 6.09 Å². The van der Waals surface area contributed by atoms with Crippen LogP contribution in [0.5, 0.6) is 0 Å². The average molecular weight is 572 g/mol. The van der Waals surface area contributed by atoms with Gasteiger partial charge in [0.15, 0.2) is 9.84 Å². The molecule has 13 nitrogen and oxygen atoms in total. The molecule has 1 atom stereocenters. The number of azide groups is 1. The number of sulfone groups is 1. The van der Waals surface area contributed by atoms with E-state index in [0.717, 1.165) is 6.42 Å². The minimum atomic E-state index is -3.87. The summed E-state index contributed by atoms with van der Waals surface area (Å²) in [7, 11) is -2.48. The SMILES string of the molecule is CCCOCCOCCOCCNC(=O)c1cccc(S(=O)(=O)CC(CCCCCN=[N+]=[N-])OC(=O)NC)c1. The monoisotopic (exact) mass is 571 g/mol. The number of alkyl carbamates (subject to hydrolysis) is 1. The van der Waals surface area contributed by atoms with Crippen molar-refractivity contribution >= 4 is 21.8 Å². The third-order valence-electron chi connectivity index (χ3n) is 5.31. The van der Waals surface area contributed by atoms with Crippen molar-refractivity contribution in [3.8, 4) is 0 Å². The summed E-state index contributed by atoms with van der Waals surface area (Å²) in [5.74, 6) is -0.860. The Balaban J connectivity index is 2.55. The van der Waals surface area contributed by atoms with Gasteiger partial charge in [0.25, 0.3) is 5.91 Å². The summed E-state index contributed by atoms with van der Waals surface area (Å²) in [4.78, 5) is 26.9. The van der Waals surface area contributed by atoms with Gasteiger partial charge in [0, 0.05) is 37.2 Å². The predicted octanol–water partition coefficient (Wildman–Crippen LogP) is 3.25. The first-order valence-corrected chi connectivity index (χ1v) is 14.7. The van der Waals surface area contributed by atoms with E-state index >= 15 is 0 Å². The lowest BCUT2D eigenvalue weighted by Gasteiger charge is -2.18. The molecule has 0 heterocycles. The molecule has 1 aromatic rings. The van der Waals surface area contributed by atoms with Crippen LogP contribution in [0.2, 0.25) is 0 Å². The molecule has 0 radical (unpaired) electrons. The summed E-state index contributed by atoms with van der Waals surface area (Å²) >= 11 is 0. The molecule has 0 aliphatic rings. The number of ether oxygens (including phenoxy) is 4. The Kier molecular flexibility index (Phi) is 18.4. The Morgan fingerprint density at radius 2 is 1.72 bits per heavy atom. The largest absolute Gasteiger partial charge is 0.445 e. The maximum Gasteiger partial charge on any atom is 0.407 e. The van der Waals surface area contributed by atoms with Crippen molar-refractivity contribution in [3.05, 3.63) is 40.3 Å². The van der Waals surface area contributed by atoms with E-state index in [1.807, 2.05) is 6.92 Å². The Hall–Kier alpha value is -2.90. The fraction of sp³-hybridized carbons (Fsp3) is 0.680. The Morgan fingerprint density at radius 3 is 2.38 bits per heavy atom. The second-order valence-electron chi connectivity index (χ2n) is 8.48. The number of amides is 2. The number of hydrogen-bond donors (Lipinski definition) is 2. The van der Waals surface area contributed by atoms with Crippen LogP contribution in [-0.4, -0.2) is 92.1 Å². The quantitative estimate of drug-likeness (QED) is 0.0921. The van der Waals surface area contributed by atoms with Gasteiger partial charge in [-0.25, -0.2) is 13.2 Å². The molecule has 1 aromatic carbocycles. The van der Waals surface area contributed by atoms with Crippen molar-refractivity contribution in [3.63, 3.8) is 0 Å². The average Bonchev–Trinajstić information content (AvgIpc) is 2.93. The summed E-state index contributed by atoms with van der Waals surface area (Å²) in [6, 6.07) is 5.71. The van der Waals surface area contributed by atoms with Gasteiger partial charge < -0.3 is 29.6 Å². The predicted molar refractivity (Wildman–Crippen MR) is 145 cm³/mol. The Labute approximate surface area is 230 Å². The minimum Gasteiger partial charge on any atom is -0.445 e. The van der Waals surface area contributed by atoms with Gasteiger partial charge in [0.1, 0.15) is 6.10 Å². The Bertz CT molecular complexity index is 1000. The van der Waals surface area contributed by atoms with Crippen LogP contribution in [0.1, 0.15) is 49.4 Å². The van der Waals surface area contributed by atoms with E-state index in [0.29, 0.717) is 65.3 Å². The summed E-state index contributed by atoms with van der Waals surface area (Å²) in [6.07, 6.45) is 1.60. The van der Waals surface area contributed by atoms with E-state index in [9.17, 15) is 18.0 Å². The van der Waals surface area contributed by atoms with Crippen LogP contribution in [0.3, 0.4) is 0 Å². The molecule has 220 valence electrons. The van der Waals surface area contributed by atoms with Gasteiger partial charge in [-0.15, -0.1) is 0 Å². The van der Waals surface area contributed by atoms with Crippen LogP contribution < -0.4 is 10.6 Å². The molecule has 14 heteroatoms. The van der Waals surface area contributed by atoms with E-state index in [1.165, 1.54) is 31.3 Å². The number of nitrogens with one attached hydrogen (secondary N) is 2. The summed E-state index contributed by atoms with van der Waals surface area (Å²) in [6.45, 7) is 5.46.